The predicted molar refractivity (Wildman–Crippen MR) is 57.1 cm³/mol. The Bertz CT molecular complexity index is 270. The lowest BCUT2D eigenvalue weighted by Crippen LogP contribution is -2.60. The third-order valence-electron chi connectivity index (χ3n) is 2.81. The summed E-state index contributed by atoms with van der Waals surface area (Å²) in [6, 6.07) is -0.614. The highest BCUT2D eigenvalue weighted by Gasteiger charge is 2.34. The van der Waals surface area contributed by atoms with Gasteiger partial charge in [0.2, 0.25) is 5.91 Å². The summed E-state index contributed by atoms with van der Waals surface area (Å²) < 4.78 is 4.95. The van der Waals surface area contributed by atoms with Crippen LogP contribution in [0.3, 0.4) is 0 Å². The Hall–Kier alpha value is -1.14. The third-order valence-corrected chi connectivity index (χ3v) is 2.81. The maximum absolute atomic E-state index is 11.2. The first kappa shape index (κ1) is 12.9. The lowest BCUT2D eigenvalue weighted by Gasteiger charge is -2.37. The standard InChI is InChI=1S/C10H18N2O4/c1-7(3-4-16-2)12-6-9(13)11-5-8(12)10(14)15/h7-8H,3-6H2,1-2H3,(H,11,13)(H,14,15). The van der Waals surface area contributed by atoms with Crippen molar-refractivity contribution in [3.05, 3.63) is 0 Å². The van der Waals surface area contributed by atoms with Crippen LogP contribution in [0.5, 0.6) is 0 Å². The number of carboxylic acid groups (broad SMARTS) is 1. The third kappa shape index (κ3) is 3.18. The Labute approximate surface area is 94.6 Å². The quantitative estimate of drug-likeness (QED) is 0.652. The van der Waals surface area contributed by atoms with Crippen LogP contribution >= 0.6 is 0 Å². The van der Waals surface area contributed by atoms with E-state index in [1.54, 1.807) is 12.0 Å². The molecule has 0 aromatic carbocycles. The largest absolute Gasteiger partial charge is 0.480 e. The molecular weight excluding hydrogens is 212 g/mol. The van der Waals surface area contributed by atoms with Gasteiger partial charge in [-0.25, -0.2) is 0 Å². The summed E-state index contributed by atoms with van der Waals surface area (Å²) in [5.74, 6) is -1.02. The number of nitrogens with zero attached hydrogens (tertiary/aromatic N) is 1. The van der Waals surface area contributed by atoms with Gasteiger partial charge in [-0.15, -0.1) is 0 Å². The molecule has 0 spiro atoms. The monoisotopic (exact) mass is 230 g/mol. The van der Waals surface area contributed by atoms with E-state index in [0.717, 1.165) is 0 Å². The normalized spacial score (nSPS) is 23.9. The second-order valence-electron chi connectivity index (χ2n) is 3.96. The number of rotatable bonds is 5. The first-order valence-corrected chi connectivity index (χ1v) is 5.30. The molecule has 2 unspecified atom stereocenters. The minimum absolute atomic E-state index is 0.0205. The molecule has 1 aliphatic rings. The van der Waals surface area contributed by atoms with Gasteiger partial charge in [0.05, 0.1) is 6.54 Å². The molecular formula is C10H18N2O4. The van der Waals surface area contributed by atoms with Crippen LogP contribution in [0.2, 0.25) is 0 Å². The summed E-state index contributed by atoms with van der Waals surface area (Å²) in [6.07, 6.45) is 0.716. The Morgan fingerprint density at radius 3 is 3.00 bits per heavy atom. The van der Waals surface area contributed by atoms with Crippen molar-refractivity contribution < 1.29 is 19.4 Å². The van der Waals surface area contributed by atoms with Gasteiger partial charge in [0.15, 0.2) is 0 Å². The van der Waals surface area contributed by atoms with Gasteiger partial charge in [0.25, 0.3) is 0 Å². The first-order chi connectivity index (χ1) is 7.56. The number of amides is 1. The number of carbonyl (C=O) groups excluding carboxylic acids is 1. The van der Waals surface area contributed by atoms with Gasteiger partial charge in [0, 0.05) is 26.3 Å². The van der Waals surface area contributed by atoms with Crippen LogP contribution in [0, 0.1) is 0 Å². The van der Waals surface area contributed by atoms with Gasteiger partial charge in [-0.1, -0.05) is 0 Å². The van der Waals surface area contributed by atoms with Crippen molar-refractivity contribution in [2.75, 3.05) is 26.8 Å². The molecule has 2 atom stereocenters. The van der Waals surface area contributed by atoms with Crippen LogP contribution in [-0.4, -0.2) is 60.8 Å². The van der Waals surface area contributed by atoms with Crippen molar-refractivity contribution in [2.24, 2.45) is 0 Å². The van der Waals surface area contributed by atoms with E-state index in [1.165, 1.54) is 0 Å². The number of aliphatic carboxylic acids is 1. The minimum atomic E-state index is -0.899. The average molecular weight is 230 g/mol. The van der Waals surface area contributed by atoms with Gasteiger partial charge in [-0.2, -0.15) is 0 Å². The number of piperazine rings is 1. The second kappa shape index (κ2) is 5.81. The molecule has 0 aliphatic carbocycles. The molecule has 92 valence electrons. The summed E-state index contributed by atoms with van der Waals surface area (Å²) >= 11 is 0. The lowest BCUT2D eigenvalue weighted by molar-refractivity contribution is -0.147. The number of ether oxygens (including phenoxy) is 1. The zero-order chi connectivity index (χ0) is 12.1. The zero-order valence-electron chi connectivity index (χ0n) is 9.60. The fourth-order valence-electron chi connectivity index (χ4n) is 1.81. The summed E-state index contributed by atoms with van der Waals surface area (Å²) in [5, 5.41) is 11.6. The molecule has 6 nitrogen and oxygen atoms in total. The highest BCUT2D eigenvalue weighted by molar-refractivity contribution is 5.83. The van der Waals surface area contributed by atoms with E-state index < -0.39 is 12.0 Å². The van der Waals surface area contributed by atoms with Gasteiger partial charge < -0.3 is 15.2 Å². The van der Waals surface area contributed by atoms with Gasteiger partial charge in [-0.05, 0) is 13.3 Å². The van der Waals surface area contributed by atoms with Gasteiger partial charge in [0.1, 0.15) is 6.04 Å². The lowest BCUT2D eigenvalue weighted by atomic mass is 10.1. The summed E-state index contributed by atoms with van der Waals surface area (Å²) in [6.45, 7) is 2.78. The Morgan fingerprint density at radius 2 is 2.44 bits per heavy atom. The predicted octanol–water partition coefficient (Wildman–Crippen LogP) is -0.704. The average Bonchev–Trinajstić information content (AvgIpc) is 2.25. The molecule has 1 heterocycles. The molecule has 1 fully saturated rings. The van der Waals surface area contributed by atoms with Crippen molar-refractivity contribution in [3.63, 3.8) is 0 Å². The van der Waals surface area contributed by atoms with Gasteiger partial charge in [-0.3, -0.25) is 14.5 Å². The topological polar surface area (TPSA) is 78.9 Å². The molecule has 1 saturated heterocycles. The van der Waals surface area contributed by atoms with Crippen molar-refractivity contribution >= 4 is 11.9 Å². The van der Waals surface area contributed by atoms with Crippen LogP contribution < -0.4 is 5.32 Å². The van der Waals surface area contributed by atoms with Crippen molar-refractivity contribution in [2.45, 2.75) is 25.4 Å². The Morgan fingerprint density at radius 1 is 1.75 bits per heavy atom. The molecule has 0 radical (unpaired) electrons. The highest BCUT2D eigenvalue weighted by atomic mass is 16.5. The molecule has 2 N–H and O–H groups in total. The summed E-state index contributed by atoms with van der Waals surface area (Å²) in [4.78, 5) is 24.0. The number of hydrogen-bond donors (Lipinski definition) is 2. The fourth-order valence-corrected chi connectivity index (χ4v) is 1.81. The number of carbonyl (C=O) groups is 2. The highest BCUT2D eigenvalue weighted by Crippen LogP contribution is 2.12. The molecule has 0 bridgehead atoms. The molecule has 6 heteroatoms. The van der Waals surface area contributed by atoms with E-state index in [4.69, 9.17) is 9.84 Å². The number of methoxy groups -OCH3 is 1. The molecule has 1 amide bonds. The van der Waals surface area contributed by atoms with E-state index in [0.29, 0.717) is 13.0 Å². The molecule has 16 heavy (non-hydrogen) atoms. The summed E-state index contributed by atoms with van der Waals surface area (Å²) in [7, 11) is 1.60. The maximum Gasteiger partial charge on any atom is 0.322 e. The smallest absolute Gasteiger partial charge is 0.322 e. The van der Waals surface area contributed by atoms with E-state index in [2.05, 4.69) is 5.32 Å². The van der Waals surface area contributed by atoms with Crippen LogP contribution in [-0.2, 0) is 14.3 Å². The SMILES string of the molecule is COCCC(C)N1CC(=O)NCC1C(=O)O. The van der Waals surface area contributed by atoms with E-state index in [9.17, 15) is 9.59 Å². The number of hydrogen-bond acceptors (Lipinski definition) is 4. The molecule has 0 aromatic rings. The molecule has 1 rings (SSSR count). The zero-order valence-corrected chi connectivity index (χ0v) is 9.60. The second-order valence-corrected chi connectivity index (χ2v) is 3.96. The molecule has 0 saturated carbocycles. The Kier molecular flexibility index (Phi) is 4.70. The Balaban J connectivity index is 2.63. The van der Waals surface area contributed by atoms with Crippen LogP contribution in [0.15, 0.2) is 0 Å². The molecule has 1 aliphatic heterocycles. The first-order valence-electron chi connectivity index (χ1n) is 5.30. The maximum atomic E-state index is 11.2. The number of nitrogens with one attached hydrogen (secondary N) is 1. The fraction of sp³-hybridized carbons (Fsp3) is 0.800. The van der Waals surface area contributed by atoms with E-state index >= 15 is 0 Å². The molecule has 0 aromatic heterocycles. The van der Waals surface area contributed by atoms with Crippen LogP contribution in [0.1, 0.15) is 13.3 Å². The van der Waals surface area contributed by atoms with Crippen molar-refractivity contribution in [1.29, 1.82) is 0 Å². The van der Waals surface area contributed by atoms with Crippen LogP contribution in [0.4, 0.5) is 0 Å². The minimum Gasteiger partial charge on any atom is -0.480 e. The van der Waals surface area contributed by atoms with Crippen LogP contribution in [0.25, 0.3) is 0 Å². The summed E-state index contributed by atoms with van der Waals surface area (Å²) in [5.41, 5.74) is 0. The van der Waals surface area contributed by atoms with Crippen molar-refractivity contribution in [1.82, 2.24) is 10.2 Å². The number of carboxylic acids is 1. The van der Waals surface area contributed by atoms with E-state index in [-0.39, 0.29) is 25.0 Å². The van der Waals surface area contributed by atoms with Gasteiger partial charge >= 0.3 is 5.97 Å². The van der Waals surface area contributed by atoms with E-state index in [1.807, 2.05) is 6.92 Å². The van der Waals surface area contributed by atoms with Crippen molar-refractivity contribution in [3.8, 4) is 0 Å².